The molecule has 40 heavy (non-hydrogen) atoms. The first-order chi connectivity index (χ1) is 19.1. The lowest BCUT2D eigenvalue weighted by Crippen LogP contribution is -2.41. The van der Waals surface area contributed by atoms with Gasteiger partial charge in [-0.05, 0) is 61.3 Å². The van der Waals surface area contributed by atoms with E-state index in [4.69, 9.17) is 21.9 Å². The van der Waals surface area contributed by atoms with Gasteiger partial charge in [-0.3, -0.25) is 4.79 Å². The number of aryl methyl sites for hydroxylation is 1. The Labute approximate surface area is 235 Å². The second kappa shape index (κ2) is 8.89. The number of pyridine rings is 2. The number of aliphatic hydroxyl groups excluding tert-OH is 1. The molecule has 4 heterocycles. The maximum Gasteiger partial charge on any atom is 0.343 e. The number of aliphatic hydroxyl groups is 2. The number of aromatic nitrogens is 2. The SMILES string of the molecule is CC[C@@]1(O)C(=O)OCc2c1cc1n(c2=S)Cc2c-1nc1cc(F)c(C)c3c1c2C(NC(=O)C(O)CC1CC1)CC3. The number of carbonyl (C=O) groups excluding carboxylic acids is 2. The Hall–Kier alpha value is -3.21. The van der Waals surface area contributed by atoms with Crippen molar-refractivity contribution in [2.75, 3.05) is 0 Å². The summed E-state index contributed by atoms with van der Waals surface area (Å²) < 4.78 is 22.7. The number of halogens is 1. The van der Waals surface area contributed by atoms with Crippen molar-refractivity contribution in [1.29, 1.82) is 0 Å². The molecule has 3 aromatic rings. The number of hydrogen-bond donors (Lipinski definition) is 3. The number of ether oxygens (including phenoxy) is 1. The Morgan fingerprint density at radius 2 is 2.08 bits per heavy atom. The minimum atomic E-state index is -1.82. The second-order valence-corrected chi connectivity index (χ2v) is 12.0. The topological polar surface area (TPSA) is 114 Å². The van der Waals surface area contributed by atoms with E-state index in [0.717, 1.165) is 34.9 Å². The molecular formula is C30H30FN3O5S. The van der Waals surface area contributed by atoms with Gasteiger partial charge in [0.2, 0.25) is 5.91 Å². The first-order valence-electron chi connectivity index (χ1n) is 13.9. The van der Waals surface area contributed by atoms with Crippen LogP contribution >= 0.6 is 12.2 Å². The monoisotopic (exact) mass is 563 g/mol. The van der Waals surface area contributed by atoms with Gasteiger partial charge in [0, 0.05) is 28.1 Å². The van der Waals surface area contributed by atoms with Crippen molar-refractivity contribution in [2.45, 2.75) is 83.3 Å². The predicted octanol–water partition coefficient (Wildman–Crippen LogP) is 4.16. The normalized spacial score (nSPS) is 23.3. The molecule has 4 aliphatic rings. The third-order valence-electron chi connectivity index (χ3n) is 9.25. The number of cyclic esters (lactones) is 1. The van der Waals surface area contributed by atoms with E-state index in [-0.39, 0.29) is 18.8 Å². The Kier molecular flexibility index (Phi) is 5.72. The third-order valence-corrected chi connectivity index (χ3v) is 9.72. The van der Waals surface area contributed by atoms with E-state index < -0.39 is 29.6 Å². The lowest BCUT2D eigenvalue weighted by atomic mass is 9.81. The summed E-state index contributed by atoms with van der Waals surface area (Å²) in [7, 11) is 0. The Balaban J connectivity index is 1.42. The third kappa shape index (κ3) is 3.62. The molecule has 2 aliphatic heterocycles. The van der Waals surface area contributed by atoms with E-state index >= 15 is 4.39 Å². The average molecular weight is 564 g/mol. The molecule has 8 nitrogen and oxygen atoms in total. The van der Waals surface area contributed by atoms with Crippen LogP contribution in [0, 0.1) is 23.3 Å². The van der Waals surface area contributed by atoms with Crippen LogP contribution in [-0.4, -0.2) is 37.7 Å². The number of esters is 1. The largest absolute Gasteiger partial charge is 0.458 e. The first-order valence-corrected chi connectivity index (χ1v) is 14.3. The van der Waals surface area contributed by atoms with Crippen molar-refractivity contribution >= 4 is 35.0 Å². The summed E-state index contributed by atoms with van der Waals surface area (Å²) in [4.78, 5) is 30.6. The van der Waals surface area contributed by atoms with Crippen molar-refractivity contribution in [3.63, 3.8) is 0 Å². The Morgan fingerprint density at radius 3 is 2.80 bits per heavy atom. The summed E-state index contributed by atoms with van der Waals surface area (Å²) in [5.41, 5.74) is 4.05. The van der Waals surface area contributed by atoms with Crippen LogP contribution in [0.2, 0.25) is 0 Å². The number of amides is 1. The van der Waals surface area contributed by atoms with Crippen molar-refractivity contribution < 1.29 is 28.9 Å². The first kappa shape index (κ1) is 25.7. The van der Waals surface area contributed by atoms with Crippen LogP contribution in [-0.2, 0) is 39.5 Å². The number of carbonyl (C=O) groups is 2. The van der Waals surface area contributed by atoms with Gasteiger partial charge in [-0.1, -0.05) is 32.0 Å². The quantitative estimate of drug-likeness (QED) is 0.247. The van der Waals surface area contributed by atoms with E-state index in [9.17, 15) is 19.8 Å². The zero-order chi connectivity index (χ0) is 28.1. The van der Waals surface area contributed by atoms with E-state index in [1.54, 1.807) is 19.9 Å². The van der Waals surface area contributed by atoms with Gasteiger partial charge in [0.15, 0.2) is 5.60 Å². The molecule has 0 spiro atoms. The number of benzene rings is 1. The molecule has 10 heteroatoms. The molecule has 0 radical (unpaired) electrons. The summed E-state index contributed by atoms with van der Waals surface area (Å²) in [6, 6.07) is 2.79. The molecule has 1 aromatic carbocycles. The Morgan fingerprint density at radius 1 is 1.30 bits per heavy atom. The molecule has 7 rings (SSSR count). The van der Waals surface area contributed by atoms with Gasteiger partial charge in [-0.15, -0.1) is 0 Å². The summed E-state index contributed by atoms with van der Waals surface area (Å²) in [5.74, 6) is -1.05. The summed E-state index contributed by atoms with van der Waals surface area (Å²) >= 11 is 5.86. The van der Waals surface area contributed by atoms with E-state index in [1.165, 1.54) is 6.07 Å². The molecule has 2 unspecified atom stereocenters. The van der Waals surface area contributed by atoms with Crippen LogP contribution in [0.5, 0.6) is 0 Å². The molecule has 0 bridgehead atoms. The number of hydrogen-bond acceptors (Lipinski definition) is 7. The van der Waals surface area contributed by atoms with E-state index in [0.29, 0.717) is 70.0 Å². The fourth-order valence-corrected chi connectivity index (χ4v) is 7.08. The highest BCUT2D eigenvalue weighted by molar-refractivity contribution is 7.71. The lowest BCUT2D eigenvalue weighted by molar-refractivity contribution is -0.172. The summed E-state index contributed by atoms with van der Waals surface area (Å²) in [6.07, 6.45) is 2.70. The van der Waals surface area contributed by atoms with Gasteiger partial charge < -0.3 is 24.8 Å². The molecule has 0 saturated heterocycles. The van der Waals surface area contributed by atoms with E-state index in [1.807, 2.05) is 4.57 Å². The van der Waals surface area contributed by atoms with Crippen LogP contribution in [0.25, 0.3) is 22.3 Å². The van der Waals surface area contributed by atoms with Gasteiger partial charge in [0.05, 0.1) is 29.5 Å². The second-order valence-electron chi connectivity index (χ2n) is 11.6. The van der Waals surface area contributed by atoms with Gasteiger partial charge >= 0.3 is 5.97 Å². The minimum Gasteiger partial charge on any atom is -0.458 e. The van der Waals surface area contributed by atoms with Crippen molar-refractivity contribution in [1.82, 2.24) is 14.9 Å². The number of fused-ring (bicyclic) bond motifs is 5. The molecule has 1 fully saturated rings. The van der Waals surface area contributed by atoms with Crippen LogP contribution < -0.4 is 5.32 Å². The van der Waals surface area contributed by atoms with Crippen molar-refractivity contribution in [3.8, 4) is 11.4 Å². The molecule has 208 valence electrons. The average Bonchev–Trinajstić information content (AvgIpc) is 3.68. The maximum absolute atomic E-state index is 15.1. The number of rotatable bonds is 5. The molecule has 1 saturated carbocycles. The van der Waals surface area contributed by atoms with Crippen LogP contribution in [0.4, 0.5) is 4.39 Å². The predicted molar refractivity (Wildman–Crippen MR) is 146 cm³/mol. The van der Waals surface area contributed by atoms with Gasteiger partial charge in [-0.25, -0.2) is 14.2 Å². The van der Waals surface area contributed by atoms with Gasteiger partial charge in [0.1, 0.15) is 23.2 Å². The number of nitrogens with one attached hydrogen (secondary N) is 1. The Bertz CT molecular complexity index is 1710. The van der Waals surface area contributed by atoms with Crippen molar-refractivity contribution in [2.24, 2.45) is 5.92 Å². The smallest absolute Gasteiger partial charge is 0.343 e. The van der Waals surface area contributed by atoms with Crippen LogP contribution in [0.15, 0.2) is 12.1 Å². The molecule has 3 atom stereocenters. The molecule has 2 aliphatic carbocycles. The molecule has 3 N–H and O–H groups in total. The van der Waals surface area contributed by atoms with Gasteiger partial charge in [-0.2, -0.15) is 0 Å². The van der Waals surface area contributed by atoms with Crippen LogP contribution in [0.3, 0.4) is 0 Å². The maximum atomic E-state index is 15.1. The lowest BCUT2D eigenvalue weighted by Gasteiger charge is -2.32. The van der Waals surface area contributed by atoms with E-state index in [2.05, 4.69) is 5.32 Å². The van der Waals surface area contributed by atoms with Crippen LogP contribution in [0.1, 0.15) is 78.5 Å². The standard InChI is InChI=1S/C30H30FN3O5S/c1-3-30(38)18-9-22-26-16(11-34(22)28(40)17(18)12-39-29(30)37)25-20(33-27(36)23(35)8-14-4-5-14)7-6-15-13(2)19(31)10-21(32-26)24(15)25/h9-10,14,20,23,35,38H,3-8,11-12H2,1-2H3,(H,33,36)/t20?,23?,30-/m0/s1. The highest BCUT2D eigenvalue weighted by Gasteiger charge is 2.45. The summed E-state index contributed by atoms with van der Waals surface area (Å²) in [5, 5.41) is 25.8. The molecule has 2 aromatic heterocycles. The zero-order valence-electron chi connectivity index (χ0n) is 22.3. The molecular weight excluding hydrogens is 533 g/mol. The zero-order valence-corrected chi connectivity index (χ0v) is 23.2. The number of nitrogens with zero attached hydrogens (tertiary/aromatic N) is 2. The van der Waals surface area contributed by atoms with Crippen molar-refractivity contribution in [3.05, 3.63) is 56.0 Å². The van der Waals surface area contributed by atoms with Gasteiger partial charge in [0.25, 0.3) is 0 Å². The minimum absolute atomic E-state index is 0.0275. The fraction of sp³-hybridized carbons (Fsp3) is 0.467. The summed E-state index contributed by atoms with van der Waals surface area (Å²) in [6.45, 7) is 3.82. The highest BCUT2D eigenvalue weighted by atomic mass is 32.1. The highest BCUT2D eigenvalue weighted by Crippen LogP contribution is 2.47. The fourth-order valence-electron chi connectivity index (χ4n) is 6.74. The molecule has 1 amide bonds.